The van der Waals surface area contributed by atoms with E-state index in [4.69, 9.17) is 25.2 Å². The summed E-state index contributed by atoms with van der Waals surface area (Å²) in [6.07, 6.45) is -0.0734. The highest BCUT2D eigenvalue weighted by atomic mass is 32.1. The fourth-order valence-corrected chi connectivity index (χ4v) is 5.86. The second-order valence-electron chi connectivity index (χ2n) is 9.83. The number of likely N-dealkylation sites (tertiary alicyclic amines) is 1. The quantitative estimate of drug-likeness (QED) is 0.214. The van der Waals surface area contributed by atoms with E-state index < -0.39 is 17.8 Å². The van der Waals surface area contributed by atoms with Gasteiger partial charge in [0.1, 0.15) is 34.0 Å². The number of phenolic OH excluding ortho intramolecular Hbond substituents is 1. The summed E-state index contributed by atoms with van der Waals surface area (Å²) < 4.78 is 39.5. The number of benzene rings is 3. The van der Waals surface area contributed by atoms with Gasteiger partial charge in [-0.25, -0.2) is 4.39 Å². The largest absolute Gasteiger partial charge is 0.508 e. The van der Waals surface area contributed by atoms with Crippen LogP contribution in [0.3, 0.4) is 0 Å². The lowest BCUT2D eigenvalue weighted by Crippen LogP contribution is -2.64. The van der Waals surface area contributed by atoms with Crippen LogP contribution in [-0.2, 0) is 0 Å². The molecule has 0 aliphatic carbocycles. The van der Waals surface area contributed by atoms with Crippen molar-refractivity contribution in [1.82, 2.24) is 4.90 Å². The number of aromatic hydroxyl groups is 1. The van der Waals surface area contributed by atoms with Gasteiger partial charge in [0.05, 0.1) is 22.4 Å². The first-order valence-electron chi connectivity index (χ1n) is 12.5. The number of carbonyl (C=O) groups excluding carboxylic acids is 1. The maximum absolute atomic E-state index is 13.9. The van der Waals surface area contributed by atoms with Gasteiger partial charge in [-0.2, -0.15) is 0 Å². The minimum absolute atomic E-state index is 0.0490. The highest BCUT2D eigenvalue weighted by Gasteiger charge is 2.37. The Balaban J connectivity index is 1.37. The fraction of sp³-hybridized carbons (Fsp3) is 0.276. The molecule has 1 aliphatic rings. The molecule has 0 unspecified atom stereocenters. The topological polar surface area (TPSA) is 59.0 Å². The monoisotopic (exact) mass is 543 g/mol. The number of ketones is 1. The van der Waals surface area contributed by atoms with Gasteiger partial charge in [-0.1, -0.05) is 5.34 Å². The van der Waals surface area contributed by atoms with Crippen LogP contribution in [0.1, 0.15) is 32.8 Å². The van der Waals surface area contributed by atoms with E-state index in [2.05, 4.69) is 0 Å². The standard InChI is InChI=1S/C29H25B2F2NO4S/c1-16-11-18(33)12-17(2)25(16)26(36)28-27(23-8-3-19(35)13-24(23)39-28)38-21-6-4-20(5-7-21)37-22-14-34(15-22)29(30,31)9-10-32/h3-8,11-13,22,35H,9-10,14-15H2,1-2H3. The first kappa shape index (κ1) is 27.2. The molecule has 4 radical (unpaired) electrons. The Bertz CT molecular complexity index is 1510. The second-order valence-corrected chi connectivity index (χ2v) is 10.9. The Labute approximate surface area is 232 Å². The van der Waals surface area contributed by atoms with Gasteiger partial charge in [0.25, 0.3) is 0 Å². The van der Waals surface area contributed by atoms with Gasteiger partial charge in [0.15, 0.2) is 5.75 Å². The molecule has 0 atom stereocenters. The molecule has 0 saturated carbocycles. The molecular weight excluding hydrogens is 518 g/mol. The lowest BCUT2D eigenvalue weighted by molar-refractivity contribution is -0.00398. The van der Waals surface area contributed by atoms with Crippen LogP contribution in [0.15, 0.2) is 54.6 Å². The van der Waals surface area contributed by atoms with Gasteiger partial charge in [-0.15, -0.1) is 11.3 Å². The molecule has 5 nitrogen and oxygen atoms in total. The van der Waals surface area contributed by atoms with E-state index in [1.165, 1.54) is 29.5 Å². The average molecular weight is 543 g/mol. The van der Waals surface area contributed by atoms with Crippen molar-refractivity contribution in [2.24, 2.45) is 0 Å². The van der Waals surface area contributed by atoms with Gasteiger partial charge in [-0.3, -0.25) is 9.18 Å². The van der Waals surface area contributed by atoms with Crippen molar-refractivity contribution < 1.29 is 28.2 Å². The Morgan fingerprint density at radius 3 is 2.36 bits per heavy atom. The number of aryl methyl sites for hydroxylation is 2. The molecule has 10 heteroatoms. The predicted octanol–water partition coefficient (Wildman–Crippen LogP) is 5.80. The molecule has 0 bridgehead atoms. The van der Waals surface area contributed by atoms with Crippen molar-refractivity contribution in [2.45, 2.75) is 31.7 Å². The molecule has 0 amide bonds. The van der Waals surface area contributed by atoms with E-state index in [1.807, 2.05) is 0 Å². The van der Waals surface area contributed by atoms with Crippen LogP contribution in [0.2, 0.25) is 0 Å². The number of thiophene rings is 1. The van der Waals surface area contributed by atoms with Gasteiger partial charge < -0.3 is 19.5 Å². The molecule has 39 heavy (non-hydrogen) atoms. The lowest BCUT2D eigenvalue weighted by atomic mass is 9.58. The summed E-state index contributed by atoms with van der Waals surface area (Å²) in [5.41, 5.74) is 1.48. The number of alkyl halides is 1. The Hall–Kier alpha value is -3.36. The summed E-state index contributed by atoms with van der Waals surface area (Å²) in [6.45, 7) is 3.79. The highest BCUT2D eigenvalue weighted by molar-refractivity contribution is 7.21. The van der Waals surface area contributed by atoms with Gasteiger partial charge in [0, 0.05) is 28.7 Å². The summed E-state index contributed by atoms with van der Waals surface area (Å²) in [6, 6.07) is 14.5. The van der Waals surface area contributed by atoms with Crippen molar-refractivity contribution in [1.29, 1.82) is 0 Å². The number of fused-ring (bicyclic) bond motifs is 1. The van der Waals surface area contributed by atoms with E-state index in [0.717, 1.165) is 0 Å². The normalized spacial score (nSPS) is 14.4. The molecule has 196 valence electrons. The SMILES string of the molecule is [B]C([B])(CCF)N1CC(Oc2ccc(Oc3c(C(=O)c4c(C)cc(F)cc4C)sc4cc(O)ccc34)cc2)C1. The molecule has 1 aliphatic heterocycles. The number of halogens is 2. The van der Waals surface area contributed by atoms with Crippen LogP contribution in [0.4, 0.5) is 8.78 Å². The van der Waals surface area contributed by atoms with Crippen LogP contribution in [-0.4, -0.2) is 62.7 Å². The third kappa shape index (κ3) is 5.54. The predicted molar refractivity (Wildman–Crippen MR) is 150 cm³/mol. The van der Waals surface area contributed by atoms with Crippen LogP contribution in [0, 0.1) is 19.7 Å². The van der Waals surface area contributed by atoms with Crippen LogP contribution in [0.5, 0.6) is 23.0 Å². The third-order valence-corrected chi connectivity index (χ3v) is 7.97. The van der Waals surface area contributed by atoms with Crippen molar-refractivity contribution >= 4 is 42.9 Å². The summed E-state index contributed by atoms with van der Waals surface area (Å²) >= 11 is 1.21. The van der Waals surface area contributed by atoms with E-state index in [9.17, 15) is 18.7 Å². The Morgan fingerprint density at radius 2 is 1.72 bits per heavy atom. The number of phenols is 1. The van der Waals surface area contributed by atoms with Crippen LogP contribution >= 0.6 is 11.3 Å². The van der Waals surface area contributed by atoms with Crippen molar-refractivity contribution in [2.75, 3.05) is 19.8 Å². The maximum atomic E-state index is 13.9. The third-order valence-electron chi connectivity index (χ3n) is 6.84. The number of rotatable bonds is 9. The molecule has 0 spiro atoms. The zero-order valence-corrected chi connectivity index (χ0v) is 22.4. The van der Waals surface area contributed by atoms with E-state index in [-0.39, 0.29) is 24.1 Å². The molecule has 1 saturated heterocycles. The number of ether oxygens (including phenoxy) is 2. The maximum Gasteiger partial charge on any atom is 0.207 e. The van der Waals surface area contributed by atoms with Gasteiger partial charge >= 0.3 is 0 Å². The van der Waals surface area contributed by atoms with E-state index in [0.29, 0.717) is 62.0 Å². The first-order chi connectivity index (χ1) is 18.6. The lowest BCUT2D eigenvalue weighted by Gasteiger charge is -2.49. The minimum Gasteiger partial charge on any atom is -0.508 e. The van der Waals surface area contributed by atoms with Crippen LogP contribution in [0.25, 0.3) is 10.1 Å². The zero-order valence-electron chi connectivity index (χ0n) is 21.5. The molecule has 3 aromatic carbocycles. The second kappa shape index (κ2) is 10.7. The summed E-state index contributed by atoms with van der Waals surface area (Å²) in [5, 5.41) is 9.49. The number of carbonyl (C=O) groups is 1. The molecule has 1 aromatic heterocycles. The fourth-order valence-electron chi connectivity index (χ4n) is 4.75. The first-order valence-corrected chi connectivity index (χ1v) is 13.3. The molecular formula is C29H25B2F2NO4S. The van der Waals surface area contributed by atoms with E-state index >= 15 is 0 Å². The summed E-state index contributed by atoms with van der Waals surface area (Å²) in [5.74, 6) is 0.858. The molecule has 2 heterocycles. The van der Waals surface area contributed by atoms with Gasteiger partial charge in [-0.05, 0) is 86.0 Å². The number of hydrogen-bond donors (Lipinski definition) is 1. The highest BCUT2D eigenvalue weighted by Crippen LogP contribution is 2.43. The zero-order chi connectivity index (χ0) is 27.9. The molecule has 1 N–H and O–H groups in total. The smallest absolute Gasteiger partial charge is 0.207 e. The Kier molecular flexibility index (Phi) is 7.44. The number of hydrogen-bond acceptors (Lipinski definition) is 6. The average Bonchev–Trinajstić information content (AvgIpc) is 3.18. The summed E-state index contributed by atoms with van der Waals surface area (Å²) in [7, 11) is 11.9. The Morgan fingerprint density at radius 1 is 1.08 bits per heavy atom. The van der Waals surface area contributed by atoms with Crippen molar-refractivity contribution in [3.8, 4) is 23.0 Å². The molecule has 1 fully saturated rings. The molecule has 4 aromatic rings. The van der Waals surface area contributed by atoms with Crippen molar-refractivity contribution in [3.63, 3.8) is 0 Å². The summed E-state index contributed by atoms with van der Waals surface area (Å²) in [4.78, 5) is 15.8. The molecule has 5 rings (SSSR count). The van der Waals surface area contributed by atoms with Crippen LogP contribution < -0.4 is 9.47 Å². The van der Waals surface area contributed by atoms with Gasteiger partial charge in [0.2, 0.25) is 5.78 Å². The number of nitrogens with zero attached hydrogens (tertiary/aromatic N) is 1. The van der Waals surface area contributed by atoms with E-state index in [1.54, 1.807) is 55.1 Å². The van der Waals surface area contributed by atoms with Crippen molar-refractivity contribution in [3.05, 3.63) is 82.0 Å². The minimum atomic E-state index is -1.19.